The zero-order chi connectivity index (χ0) is 15.8. The fourth-order valence-electron chi connectivity index (χ4n) is 1.76. The molecule has 0 atom stereocenters. The van der Waals surface area contributed by atoms with Gasteiger partial charge < -0.3 is 14.9 Å². The SMILES string of the molecule is CN(C)C.c1ccc2[nH]cnc2c1.c1ccc2[nH]cnc2c1. The van der Waals surface area contributed by atoms with Crippen LogP contribution >= 0.6 is 0 Å². The van der Waals surface area contributed by atoms with Gasteiger partial charge in [0.25, 0.3) is 0 Å². The molecule has 0 unspecified atom stereocenters. The van der Waals surface area contributed by atoms with Gasteiger partial charge in [-0.1, -0.05) is 24.3 Å². The first-order valence-electron chi connectivity index (χ1n) is 7.04. The normalized spacial score (nSPS) is 10.0. The average molecular weight is 295 g/mol. The molecule has 22 heavy (non-hydrogen) atoms. The molecule has 5 heteroatoms. The number of para-hydroxylation sites is 4. The number of fused-ring (bicyclic) bond motifs is 2. The standard InChI is InChI=1S/2C7H6N2.C3H9N/c2*1-2-4-7-6(3-1)8-5-9-7;1-4(2)3/h2*1-5H,(H,8,9);1-3H3. The van der Waals surface area contributed by atoms with Crippen molar-refractivity contribution in [3.8, 4) is 0 Å². The lowest BCUT2D eigenvalue weighted by Crippen LogP contribution is -1.99. The Labute approximate surface area is 130 Å². The van der Waals surface area contributed by atoms with E-state index in [4.69, 9.17) is 0 Å². The molecule has 0 bridgehead atoms. The lowest BCUT2D eigenvalue weighted by Gasteiger charge is -1.90. The second-order valence-corrected chi connectivity index (χ2v) is 5.18. The minimum absolute atomic E-state index is 1.03. The fraction of sp³-hybridized carbons (Fsp3) is 0.176. The van der Waals surface area contributed by atoms with E-state index in [-0.39, 0.29) is 0 Å². The highest BCUT2D eigenvalue weighted by molar-refractivity contribution is 5.74. The summed E-state index contributed by atoms with van der Waals surface area (Å²) in [4.78, 5) is 16.1. The third kappa shape index (κ3) is 4.71. The van der Waals surface area contributed by atoms with Crippen molar-refractivity contribution in [3.05, 3.63) is 61.2 Å². The van der Waals surface area contributed by atoms with Gasteiger partial charge in [-0.25, -0.2) is 9.97 Å². The number of H-pyrrole nitrogens is 2. The molecule has 4 aromatic rings. The molecule has 2 aromatic carbocycles. The van der Waals surface area contributed by atoms with Crippen LogP contribution in [0.2, 0.25) is 0 Å². The highest BCUT2D eigenvalue weighted by Crippen LogP contribution is 2.06. The number of hydrogen-bond donors (Lipinski definition) is 2. The summed E-state index contributed by atoms with van der Waals surface area (Å²) in [5.41, 5.74) is 4.24. The zero-order valence-electron chi connectivity index (χ0n) is 13.1. The van der Waals surface area contributed by atoms with Crippen LogP contribution in [0.1, 0.15) is 0 Å². The lowest BCUT2D eigenvalue weighted by molar-refractivity contribution is 0.505. The molecule has 4 rings (SSSR count). The molecule has 5 nitrogen and oxygen atoms in total. The predicted molar refractivity (Wildman–Crippen MR) is 91.8 cm³/mol. The monoisotopic (exact) mass is 295 g/mol. The van der Waals surface area contributed by atoms with E-state index >= 15 is 0 Å². The Morgan fingerprint density at radius 3 is 1.41 bits per heavy atom. The van der Waals surface area contributed by atoms with Crippen molar-refractivity contribution in [1.82, 2.24) is 24.8 Å². The Kier molecular flexibility index (Phi) is 5.68. The van der Waals surface area contributed by atoms with Crippen molar-refractivity contribution in [2.75, 3.05) is 21.1 Å². The number of hydrogen-bond acceptors (Lipinski definition) is 3. The molecule has 0 saturated carbocycles. The van der Waals surface area contributed by atoms with E-state index in [2.05, 4.69) is 19.9 Å². The van der Waals surface area contributed by atoms with E-state index < -0.39 is 0 Å². The molecule has 0 saturated heterocycles. The van der Waals surface area contributed by atoms with Crippen LogP contribution in [0, 0.1) is 0 Å². The van der Waals surface area contributed by atoms with Crippen molar-refractivity contribution in [3.63, 3.8) is 0 Å². The van der Waals surface area contributed by atoms with Gasteiger partial charge in [-0.3, -0.25) is 0 Å². The summed E-state index contributed by atoms with van der Waals surface area (Å²) in [7, 11) is 6.00. The topological polar surface area (TPSA) is 60.6 Å². The van der Waals surface area contributed by atoms with Gasteiger partial charge in [0.2, 0.25) is 0 Å². The number of imidazole rings is 2. The molecule has 0 radical (unpaired) electrons. The van der Waals surface area contributed by atoms with Crippen LogP contribution in [0.5, 0.6) is 0 Å². The smallest absolute Gasteiger partial charge is 0.0931 e. The van der Waals surface area contributed by atoms with Gasteiger partial charge in [0.1, 0.15) is 0 Å². The summed E-state index contributed by atoms with van der Waals surface area (Å²) in [6, 6.07) is 15.9. The first kappa shape index (κ1) is 15.7. The van der Waals surface area contributed by atoms with Gasteiger partial charge in [-0.15, -0.1) is 0 Å². The Balaban J connectivity index is 0.000000131. The van der Waals surface area contributed by atoms with Crippen LogP contribution in [0.25, 0.3) is 22.1 Å². The van der Waals surface area contributed by atoms with Crippen molar-refractivity contribution in [1.29, 1.82) is 0 Å². The van der Waals surface area contributed by atoms with E-state index in [1.54, 1.807) is 12.7 Å². The van der Waals surface area contributed by atoms with E-state index in [0.29, 0.717) is 0 Å². The minimum atomic E-state index is 1.03. The van der Waals surface area contributed by atoms with Gasteiger partial charge >= 0.3 is 0 Å². The molecule has 0 aliphatic carbocycles. The number of benzene rings is 2. The number of aromatic amines is 2. The molecule has 0 amide bonds. The van der Waals surface area contributed by atoms with Crippen molar-refractivity contribution < 1.29 is 0 Å². The molecular weight excluding hydrogens is 274 g/mol. The summed E-state index contributed by atoms with van der Waals surface area (Å²) in [5.74, 6) is 0. The van der Waals surface area contributed by atoms with Crippen molar-refractivity contribution >= 4 is 22.1 Å². The van der Waals surface area contributed by atoms with Gasteiger partial charge in [0.05, 0.1) is 34.7 Å². The zero-order valence-corrected chi connectivity index (χ0v) is 13.1. The van der Waals surface area contributed by atoms with Crippen LogP contribution in [0.4, 0.5) is 0 Å². The van der Waals surface area contributed by atoms with E-state index in [1.165, 1.54) is 0 Å². The minimum Gasteiger partial charge on any atom is -0.345 e. The summed E-state index contributed by atoms with van der Waals surface area (Å²) < 4.78 is 0. The number of aromatic nitrogens is 4. The van der Waals surface area contributed by atoms with Crippen LogP contribution in [-0.4, -0.2) is 46.0 Å². The van der Waals surface area contributed by atoms with E-state index in [9.17, 15) is 0 Å². The molecule has 0 spiro atoms. The third-order valence-electron chi connectivity index (χ3n) is 2.66. The maximum Gasteiger partial charge on any atom is 0.0931 e. The molecule has 2 aromatic heterocycles. The Bertz CT molecular complexity index is 671. The summed E-state index contributed by atoms with van der Waals surface area (Å²) in [6.07, 6.45) is 3.40. The quantitative estimate of drug-likeness (QED) is 0.523. The van der Waals surface area contributed by atoms with E-state index in [0.717, 1.165) is 22.1 Å². The number of nitrogens with zero attached hydrogens (tertiary/aromatic N) is 3. The highest BCUT2D eigenvalue weighted by Gasteiger charge is 1.89. The van der Waals surface area contributed by atoms with Gasteiger partial charge in [0.15, 0.2) is 0 Å². The summed E-state index contributed by atoms with van der Waals surface area (Å²) >= 11 is 0. The van der Waals surface area contributed by atoms with Gasteiger partial charge in [0, 0.05) is 0 Å². The molecule has 0 aliphatic rings. The molecule has 114 valence electrons. The second kappa shape index (κ2) is 7.95. The van der Waals surface area contributed by atoms with Gasteiger partial charge in [-0.2, -0.15) is 0 Å². The molecule has 0 aliphatic heterocycles. The molecule has 2 N–H and O–H groups in total. The Morgan fingerprint density at radius 2 is 1.05 bits per heavy atom. The highest BCUT2D eigenvalue weighted by atomic mass is 15.0. The maximum absolute atomic E-state index is 4.06. The first-order chi connectivity index (χ1) is 10.7. The lowest BCUT2D eigenvalue weighted by atomic mass is 10.3. The second-order valence-electron chi connectivity index (χ2n) is 5.18. The number of rotatable bonds is 0. The van der Waals surface area contributed by atoms with Crippen molar-refractivity contribution in [2.24, 2.45) is 0 Å². The largest absolute Gasteiger partial charge is 0.345 e. The van der Waals surface area contributed by atoms with Crippen LogP contribution in [-0.2, 0) is 0 Å². The molecule has 2 heterocycles. The Hall–Kier alpha value is -2.66. The Morgan fingerprint density at radius 1 is 0.682 bits per heavy atom. The molecular formula is C17H21N5. The average Bonchev–Trinajstić information content (AvgIpc) is 3.16. The first-order valence-corrected chi connectivity index (χ1v) is 7.04. The van der Waals surface area contributed by atoms with Gasteiger partial charge in [-0.05, 0) is 45.4 Å². The van der Waals surface area contributed by atoms with Crippen LogP contribution in [0.3, 0.4) is 0 Å². The summed E-state index contributed by atoms with van der Waals surface area (Å²) in [6.45, 7) is 0. The van der Waals surface area contributed by atoms with E-state index in [1.807, 2.05) is 74.6 Å². The fourth-order valence-corrected chi connectivity index (χ4v) is 1.76. The van der Waals surface area contributed by atoms with Crippen LogP contribution < -0.4 is 0 Å². The van der Waals surface area contributed by atoms with Crippen LogP contribution in [0.15, 0.2) is 61.2 Å². The maximum atomic E-state index is 4.06. The third-order valence-corrected chi connectivity index (χ3v) is 2.66. The molecule has 0 fully saturated rings. The van der Waals surface area contributed by atoms with Crippen molar-refractivity contribution in [2.45, 2.75) is 0 Å². The predicted octanol–water partition coefficient (Wildman–Crippen LogP) is 3.30. The number of nitrogens with one attached hydrogen (secondary N) is 2. The summed E-state index contributed by atoms with van der Waals surface area (Å²) in [5, 5.41) is 0.